The van der Waals surface area contributed by atoms with Gasteiger partial charge in [-0.3, -0.25) is 4.79 Å². The molecule has 0 radical (unpaired) electrons. The quantitative estimate of drug-likeness (QED) is 0.363. The van der Waals surface area contributed by atoms with E-state index in [0.29, 0.717) is 34.8 Å². The molecule has 4 rings (SSSR count). The minimum Gasteiger partial charge on any atom is -0.465 e. The number of hydrogen-bond donors (Lipinski definition) is 1. The van der Waals surface area contributed by atoms with Crippen molar-refractivity contribution in [2.24, 2.45) is 17.3 Å². The molecule has 164 valence electrons. The third-order valence-corrected chi connectivity index (χ3v) is 8.63. The van der Waals surface area contributed by atoms with Crippen LogP contribution in [0.5, 0.6) is 0 Å². The van der Waals surface area contributed by atoms with Gasteiger partial charge in [-0.1, -0.05) is 51.8 Å². The molecule has 2 aromatic rings. The molecule has 1 unspecified atom stereocenters. The van der Waals surface area contributed by atoms with Crippen LogP contribution in [0.3, 0.4) is 0 Å². The number of aryl methyl sites for hydroxylation is 1. The van der Waals surface area contributed by atoms with Crippen LogP contribution >= 0.6 is 23.1 Å². The Kier molecular flexibility index (Phi) is 6.58. The highest BCUT2D eigenvalue weighted by atomic mass is 32.2. The molecule has 2 aliphatic rings. The fraction of sp³-hybridized carbons (Fsp3) is 0.696. The van der Waals surface area contributed by atoms with E-state index in [1.165, 1.54) is 60.7 Å². The molecular formula is C23H33N3O2S2. The Morgan fingerprint density at radius 1 is 1.20 bits per heavy atom. The Hall–Kier alpha value is -1.34. The Labute approximate surface area is 187 Å². The smallest absolute Gasteiger partial charge is 0.316 e. The highest BCUT2D eigenvalue weighted by Crippen LogP contribution is 2.44. The van der Waals surface area contributed by atoms with Gasteiger partial charge in [-0.15, -0.1) is 11.3 Å². The number of nitrogen functional groups attached to an aromatic ring is 1. The number of ether oxygens (including phenoxy) is 1. The van der Waals surface area contributed by atoms with Crippen molar-refractivity contribution >= 4 is 45.1 Å². The summed E-state index contributed by atoms with van der Waals surface area (Å²) in [6.07, 6.45) is 9.50. The zero-order valence-electron chi connectivity index (χ0n) is 18.3. The Balaban J connectivity index is 1.40. The standard InChI is InChI=1S/C23H33N3O2S2/c1-23(2,3)15-9-10-16-17(11-15)30-21-19(16)20(24)25-22(26-21)29-13-18(27)28-12-14-7-5-4-6-8-14/h14-15H,4-13H2,1-3H3,(H2,24,25,26). The zero-order valence-corrected chi connectivity index (χ0v) is 20.0. The van der Waals surface area contributed by atoms with Gasteiger partial charge in [0.1, 0.15) is 10.6 Å². The molecule has 1 atom stereocenters. The number of fused-ring (bicyclic) bond motifs is 3. The number of aromatic nitrogens is 2. The van der Waals surface area contributed by atoms with Crippen LogP contribution < -0.4 is 5.73 Å². The van der Waals surface area contributed by atoms with E-state index >= 15 is 0 Å². The molecule has 30 heavy (non-hydrogen) atoms. The number of rotatable bonds is 5. The van der Waals surface area contributed by atoms with Crippen molar-refractivity contribution < 1.29 is 9.53 Å². The maximum atomic E-state index is 12.2. The first-order valence-corrected chi connectivity index (χ1v) is 13.0. The van der Waals surface area contributed by atoms with Crippen LogP contribution in [-0.2, 0) is 22.4 Å². The molecule has 0 bridgehead atoms. The number of carbonyl (C=O) groups is 1. The first kappa shape index (κ1) is 21.9. The van der Waals surface area contributed by atoms with Gasteiger partial charge in [0.25, 0.3) is 0 Å². The van der Waals surface area contributed by atoms with Gasteiger partial charge in [-0.2, -0.15) is 0 Å². The number of carbonyl (C=O) groups excluding carboxylic acids is 1. The van der Waals surface area contributed by atoms with Crippen LogP contribution in [0.4, 0.5) is 5.82 Å². The van der Waals surface area contributed by atoms with Gasteiger partial charge in [0.15, 0.2) is 5.16 Å². The molecule has 2 aromatic heterocycles. The minimum absolute atomic E-state index is 0.189. The summed E-state index contributed by atoms with van der Waals surface area (Å²) < 4.78 is 5.49. The highest BCUT2D eigenvalue weighted by molar-refractivity contribution is 7.99. The van der Waals surface area contributed by atoms with Crippen molar-refractivity contribution in [1.29, 1.82) is 0 Å². The third-order valence-electron chi connectivity index (χ3n) is 6.66. The van der Waals surface area contributed by atoms with Crippen LogP contribution in [0.25, 0.3) is 10.2 Å². The number of thioether (sulfide) groups is 1. The normalized spacial score (nSPS) is 20.3. The lowest BCUT2D eigenvalue weighted by Gasteiger charge is -2.33. The fourth-order valence-electron chi connectivity index (χ4n) is 4.72. The number of anilines is 1. The summed E-state index contributed by atoms with van der Waals surface area (Å²) in [6, 6.07) is 0. The minimum atomic E-state index is -0.189. The molecule has 5 nitrogen and oxygen atoms in total. The van der Waals surface area contributed by atoms with Gasteiger partial charge >= 0.3 is 5.97 Å². The number of thiophene rings is 1. The average Bonchev–Trinajstić information content (AvgIpc) is 3.09. The van der Waals surface area contributed by atoms with Crippen LogP contribution in [0.1, 0.15) is 69.7 Å². The van der Waals surface area contributed by atoms with E-state index in [9.17, 15) is 4.79 Å². The molecule has 0 amide bonds. The largest absolute Gasteiger partial charge is 0.465 e. The summed E-state index contributed by atoms with van der Waals surface area (Å²) in [4.78, 5) is 23.8. The molecule has 1 fully saturated rings. The Morgan fingerprint density at radius 3 is 2.70 bits per heavy atom. The van der Waals surface area contributed by atoms with Crippen molar-refractivity contribution in [2.75, 3.05) is 18.1 Å². The predicted molar refractivity (Wildman–Crippen MR) is 125 cm³/mol. The van der Waals surface area contributed by atoms with Gasteiger partial charge in [0.2, 0.25) is 0 Å². The zero-order chi connectivity index (χ0) is 21.3. The summed E-state index contributed by atoms with van der Waals surface area (Å²) in [6.45, 7) is 7.53. The molecule has 0 aliphatic heterocycles. The summed E-state index contributed by atoms with van der Waals surface area (Å²) in [7, 11) is 0. The molecule has 2 heterocycles. The predicted octanol–water partition coefficient (Wildman–Crippen LogP) is 5.64. The van der Waals surface area contributed by atoms with E-state index in [1.807, 2.05) is 0 Å². The number of esters is 1. The number of nitrogens with two attached hydrogens (primary N) is 1. The molecular weight excluding hydrogens is 414 g/mol. The van der Waals surface area contributed by atoms with Crippen LogP contribution in [0, 0.1) is 17.3 Å². The monoisotopic (exact) mass is 447 g/mol. The summed E-state index contributed by atoms with van der Waals surface area (Å²) in [5, 5.41) is 1.60. The van der Waals surface area contributed by atoms with Crippen molar-refractivity contribution in [3.63, 3.8) is 0 Å². The molecule has 0 spiro atoms. The first-order valence-electron chi connectivity index (χ1n) is 11.2. The summed E-state index contributed by atoms with van der Waals surface area (Å²) >= 11 is 3.08. The molecule has 2 aliphatic carbocycles. The van der Waals surface area contributed by atoms with E-state index in [2.05, 4.69) is 25.8 Å². The number of nitrogens with zero attached hydrogens (tertiary/aromatic N) is 2. The van der Waals surface area contributed by atoms with E-state index in [1.54, 1.807) is 11.3 Å². The first-order chi connectivity index (χ1) is 14.3. The Bertz CT molecular complexity index is 913. The summed E-state index contributed by atoms with van der Waals surface area (Å²) in [5.41, 5.74) is 7.99. The topological polar surface area (TPSA) is 78.1 Å². The van der Waals surface area contributed by atoms with E-state index in [4.69, 9.17) is 15.5 Å². The van der Waals surface area contributed by atoms with Crippen molar-refractivity contribution in [2.45, 2.75) is 77.3 Å². The lowest BCUT2D eigenvalue weighted by molar-refractivity contribution is -0.142. The van der Waals surface area contributed by atoms with Gasteiger partial charge in [-0.25, -0.2) is 9.97 Å². The SMILES string of the molecule is CC(C)(C)C1CCc2c(sc3nc(SCC(=O)OCC4CCCCC4)nc(N)c23)C1. The maximum Gasteiger partial charge on any atom is 0.316 e. The Morgan fingerprint density at radius 2 is 1.97 bits per heavy atom. The maximum absolute atomic E-state index is 12.2. The second-order valence-corrected chi connectivity index (χ2v) is 11.9. The fourth-order valence-corrected chi connectivity index (χ4v) is 6.73. The van der Waals surface area contributed by atoms with Crippen molar-refractivity contribution in [3.05, 3.63) is 10.4 Å². The molecule has 2 N–H and O–H groups in total. The second-order valence-electron chi connectivity index (χ2n) is 9.86. The van der Waals surface area contributed by atoms with Crippen LogP contribution in [0.2, 0.25) is 0 Å². The summed E-state index contributed by atoms with van der Waals surface area (Å²) in [5.74, 6) is 1.80. The lowest BCUT2D eigenvalue weighted by Crippen LogP contribution is -2.26. The third kappa shape index (κ3) is 4.93. The van der Waals surface area contributed by atoms with Gasteiger partial charge in [0.05, 0.1) is 17.7 Å². The van der Waals surface area contributed by atoms with Crippen molar-refractivity contribution in [3.8, 4) is 0 Å². The average molecular weight is 448 g/mol. The number of hydrogen-bond acceptors (Lipinski definition) is 7. The van der Waals surface area contributed by atoms with Crippen LogP contribution in [-0.4, -0.2) is 28.3 Å². The van der Waals surface area contributed by atoms with E-state index in [0.717, 1.165) is 23.1 Å². The highest BCUT2D eigenvalue weighted by Gasteiger charge is 2.31. The lowest BCUT2D eigenvalue weighted by atomic mass is 9.72. The molecule has 7 heteroatoms. The van der Waals surface area contributed by atoms with Crippen molar-refractivity contribution in [1.82, 2.24) is 9.97 Å². The van der Waals surface area contributed by atoms with Gasteiger partial charge < -0.3 is 10.5 Å². The molecule has 1 saturated carbocycles. The molecule has 0 saturated heterocycles. The molecule has 0 aromatic carbocycles. The second kappa shape index (κ2) is 9.03. The van der Waals surface area contributed by atoms with Crippen LogP contribution in [0.15, 0.2) is 5.16 Å². The van der Waals surface area contributed by atoms with Gasteiger partial charge in [-0.05, 0) is 54.9 Å². The van der Waals surface area contributed by atoms with E-state index < -0.39 is 0 Å². The van der Waals surface area contributed by atoms with E-state index in [-0.39, 0.29) is 11.7 Å². The van der Waals surface area contributed by atoms with Gasteiger partial charge in [0, 0.05) is 4.88 Å².